The SMILES string of the molecule is C/C=C(\O/C(=C(\C)CC)c1ccc(/C=C\c2ccccc2)cc1)c1ccc(-c2ccc(N(c3ccccc3)c3ccccc3)cc2)cc1. The van der Waals surface area contributed by atoms with Crippen LogP contribution >= 0.6 is 0 Å². The third-order valence-corrected chi connectivity index (χ3v) is 8.49. The molecule has 0 saturated carbocycles. The Morgan fingerprint density at radius 3 is 1.46 bits per heavy atom. The van der Waals surface area contributed by atoms with Crippen LogP contribution in [0.2, 0.25) is 0 Å². The lowest BCUT2D eigenvalue weighted by Gasteiger charge is -2.25. The molecule has 0 atom stereocenters. The van der Waals surface area contributed by atoms with Crippen molar-refractivity contribution in [3.05, 3.63) is 198 Å². The summed E-state index contributed by atoms with van der Waals surface area (Å²) in [5.74, 6) is 1.75. The predicted molar refractivity (Wildman–Crippen MR) is 206 cm³/mol. The number of hydrogen-bond donors (Lipinski definition) is 0. The molecule has 6 rings (SSSR count). The Bertz CT molecular complexity index is 1950. The van der Waals surface area contributed by atoms with Gasteiger partial charge in [-0.2, -0.15) is 0 Å². The summed E-state index contributed by atoms with van der Waals surface area (Å²) in [4.78, 5) is 2.28. The smallest absolute Gasteiger partial charge is 0.133 e. The quantitative estimate of drug-likeness (QED) is 0.105. The van der Waals surface area contributed by atoms with E-state index in [9.17, 15) is 0 Å². The molecule has 0 aliphatic heterocycles. The molecular weight excluding hydrogens is 583 g/mol. The van der Waals surface area contributed by atoms with Crippen LogP contribution in [0.4, 0.5) is 17.1 Å². The van der Waals surface area contributed by atoms with Crippen molar-refractivity contribution in [2.45, 2.75) is 27.2 Å². The highest BCUT2D eigenvalue weighted by molar-refractivity contribution is 5.79. The molecule has 48 heavy (non-hydrogen) atoms. The Hall–Kier alpha value is -5.86. The molecule has 0 aliphatic carbocycles. The molecular formula is C46H41NO. The summed E-state index contributed by atoms with van der Waals surface area (Å²) in [5, 5.41) is 0. The summed E-state index contributed by atoms with van der Waals surface area (Å²) < 4.78 is 6.68. The fraction of sp³-hybridized carbons (Fsp3) is 0.0870. The van der Waals surface area contributed by atoms with Crippen LogP contribution in [-0.2, 0) is 4.74 Å². The van der Waals surface area contributed by atoms with Crippen LogP contribution in [0.15, 0.2) is 175 Å². The highest BCUT2D eigenvalue weighted by Crippen LogP contribution is 2.36. The van der Waals surface area contributed by atoms with Crippen LogP contribution in [0.5, 0.6) is 0 Å². The maximum atomic E-state index is 6.68. The average molecular weight is 624 g/mol. The monoisotopic (exact) mass is 623 g/mol. The second-order valence-electron chi connectivity index (χ2n) is 11.7. The van der Waals surface area contributed by atoms with Gasteiger partial charge in [0.15, 0.2) is 0 Å². The lowest BCUT2D eigenvalue weighted by atomic mass is 10.0. The molecule has 0 fully saturated rings. The maximum Gasteiger partial charge on any atom is 0.133 e. The minimum atomic E-state index is 0.842. The van der Waals surface area contributed by atoms with E-state index in [1.54, 1.807) is 0 Å². The zero-order valence-electron chi connectivity index (χ0n) is 27.9. The highest BCUT2D eigenvalue weighted by atomic mass is 16.5. The van der Waals surface area contributed by atoms with Gasteiger partial charge in [0.25, 0.3) is 0 Å². The number of hydrogen-bond acceptors (Lipinski definition) is 2. The molecule has 2 heteroatoms. The Morgan fingerprint density at radius 1 is 0.521 bits per heavy atom. The second kappa shape index (κ2) is 15.6. The van der Waals surface area contributed by atoms with Crippen LogP contribution in [0.25, 0.3) is 34.8 Å². The van der Waals surface area contributed by atoms with Gasteiger partial charge in [-0.25, -0.2) is 0 Å². The summed E-state index contributed by atoms with van der Waals surface area (Å²) in [6.07, 6.45) is 7.24. The van der Waals surface area contributed by atoms with Gasteiger partial charge >= 0.3 is 0 Å². The molecule has 0 heterocycles. The molecule has 0 bridgehead atoms. The minimum Gasteiger partial charge on any atom is -0.457 e. The van der Waals surface area contributed by atoms with Crippen molar-refractivity contribution in [1.29, 1.82) is 0 Å². The van der Waals surface area contributed by atoms with Gasteiger partial charge in [-0.05, 0) is 90.6 Å². The summed E-state index contributed by atoms with van der Waals surface area (Å²) >= 11 is 0. The zero-order chi connectivity index (χ0) is 33.1. The Morgan fingerprint density at radius 2 is 0.958 bits per heavy atom. The first-order valence-corrected chi connectivity index (χ1v) is 16.6. The van der Waals surface area contributed by atoms with Crippen molar-refractivity contribution < 1.29 is 4.74 Å². The molecule has 6 aromatic rings. The van der Waals surface area contributed by atoms with Crippen molar-refractivity contribution in [2.24, 2.45) is 0 Å². The van der Waals surface area contributed by atoms with Gasteiger partial charge in [0, 0.05) is 28.2 Å². The van der Waals surface area contributed by atoms with Gasteiger partial charge in [-0.1, -0.05) is 146 Å². The molecule has 0 radical (unpaired) electrons. The largest absolute Gasteiger partial charge is 0.457 e. The predicted octanol–water partition coefficient (Wildman–Crippen LogP) is 13.2. The van der Waals surface area contributed by atoms with E-state index in [0.717, 1.165) is 62.8 Å². The molecule has 236 valence electrons. The fourth-order valence-electron chi connectivity index (χ4n) is 5.68. The Kier molecular flexibility index (Phi) is 10.4. The third kappa shape index (κ3) is 7.74. The van der Waals surface area contributed by atoms with Crippen molar-refractivity contribution in [3.63, 3.8) is 0 Å². The first-order valence-electron chi connectivity index (χ1n) is 16.6. The van der Waals surface area contributed by atoms with Gasteiger partial charge in [0.1, 0.15) is 11.5 Å². The molecule has 0 unspecified atom stereocenters. The fourth-order valence-corrected chi connectivity index (χ4v) is 5.68. The van der Waals surface area contributed by atoms with Crippen molar-refractivity contribution in [3.8, 4) is 11.1 Å². The van der Waals surface area contributed by atoms with E-state index in [1.165, 1.54) is 11.1 Å². The summed E-state index contributed by atoms with van der Waals surface area (Å²) in [7, 11) is 0. The number of rotatable bonds is 11. The maximum absolute atomic E-state index is 6.68. The number of para-hydroxylation sites is 2. The summed E-state index contributed by atoms with van der Waals surface area (Å²) in [6.45, 7) is 6.35. The standard InChI is InChI=1S/C46H41NO/c1-4-35(3)46(41-25-23-37(24-26-41)22-21-36-15-9-6-10-16-36)48-45(5-2)40-29-27-38(28-30-40)39-31-33-44(34-32-39)47(42-17-11-7-12-18-42)43-19-13-8-14-20-43/h5-34H,4H2,1-3H3/b22-21-,45-5-,46-35+. The van der Waals surface area contributed by atoms with E-state index < -0.39 is 0 Å². The van der Waals surface area contributed by atoms with Crippen molar-refractivity contribution in [2.75, 3.05) is 4.90 Å². The first kappa shape index (κ1) is 32.1. The zero-order valence-corrected chi connectivity index (χ0v) is 27.9. The second-order valence-corrected chi connectivity index (χ2v) is 11.7. The number of ether oxygens (including phenoxy) is 1. The van der Waals surface area contributed by atoms with Crippen LogP contribution in [0, 0.1) is 0 Å². The number of nitrogens with zero attached hydrogens (tertiary/aromatic N) is 1. The topological polar surface area (TPSA) is 12.5 Å². The number of anilines is 3. The molecule has 6 aromatic carbocycles. The van der Waals surface area contributed by atoms with Gasteiger partial charge in [-0.3, -0.25) is 0 Å². The first-order chi connectivity index (χ1) is 23.6. The van der Waals surface area contributed by atoms with Crippen molar-refractivity contribution >= 4 is 40.7 Å². The lowest BCUT2D eigenvalue weighted by molar-refractivity contribution is 0.464. The Balaban J connectivity index is 1.19. The molecule has 0 aliphatic rings. The number of allylic oxidation sites excluding steroid dienone is 2. The number of benzene rings is 6. The van der Waals surface area contributed by atoms with Gasteiger partial charge in [0.2, 0.25) is 0 Å². The van der Waals surface area contributed by atoms with Gasteiger partial charge in [0.05, 0.1) is 0 Å². The molecule has 0 amide bonds. The van der Waals surface area contributed by atoms with Crippen LogP contribution < -0.4 is 4.90 Å². The van der Waals surface area contributed by atoms with Gasteiger partial charge in [-0.15, -0.1) is 0 Å². The molecule has 0 N–H and O–H groups in total. The van der Waals surface area contributed by atoms with E-state index in [-0.39, 0.29) is 0 Å². The van der Waals surface area contributed by atoms with E-state index in [4.69, 9.17) is 4.74 Å². The molecule has 0 saturated heterocycles. The van der Waals surface area contributed by atoms with Crippen LogP contribution in [-0.4, -0.2) is 0 Å². The van der Waals surface area contributed by atoms with Crippen molar-refractivity contribution in [1.82, 2.24) is 0 Å². The average Bonchev–Trinajstić information content (AvgIpc) is 3.16. The van der Waals surface area contributed by atoms with Crippen LogP contribution in [0.3, 0.4) is 0 Å². The Labute approximate surface area is 285 Å². The third-order valence-electron chi connectivity index (χ3n) is 8.49. The van der Waals surface area contributed by atoms with Crippen LogP contribution in [0.1, 0.15) is 49.4 Å². The lowest BCUT2D eigenvalue weighted by Crippen LogP contribution is -2.09. The van der Waals surface area contributed by atoms with E-state index in [0.29, 0.717) is 0 Å². The molecule has 2 nitrogen and oxygen atoms in total. The molecule has 0 spiro atoms. The summed E-state index contributed by atoms with van der Waals surface area (Å²) in [5.41, 5.74) is 11.4. The molecule has 0 aromatic heterocycles. The van der Waals surface area contributed by atoms with E-state index in [2.05, 4.69) is 189 Å². The minimum absolute atomic E-state index is 0.842. The van der Waals surface area contributed by atoms with E-state index >= 15 is 0 Å². The van der Waals surface area contributed by atoms with Gasteiger partial charge < -0.3 is 9.64 Å². The van der Waals surface area contributed by atoms with E-state index in [1.807, 2.05) is 19.1 Å². The summed E-state index contributed by atoms with van der Waals surface area (Å²) in [6, 6.07) is 57.4. The highest BCUT2D eigenvalue weighted by Gasteiger charge is 2.14. The normalized spacial score (nSPS) is 12.1.